The van der Waals surface area contributed by atoms with Gasteiger partial charge in [0.25, 0.3) is 0 Å². The van der Waals surface area contributed by atoms with Gasteiger partial charge >= 0.3 is 19.5 Å². The summed E-state index contributed by atoms with van der Waals surface area (Å²) in [6, 6.07) is 0. The molecule has 0 saturated carbocycles. The molecule has 0 aliphatic heterocycles. The van der Waals surface area contributed by atoms with Crippen LogP contribution >= 0.6 is 0 Å². The molecule has 7 heavy (non-hydrogen) atoms. The molecular formula is H4NO4RhS+. The van der Waals surface area contributed by atoms with Crippen molar-refractivity contribution in [3.63, 3.8) is 0 Å². The Hall–Kier alpha value is 0.453. The van der Waals surface area contributed by atoms with E-state index in [1.165, 1.54) is 0 Å². The average Bonchev–Trinajstić information content (AvgIpc) is 0.722. The third-order valence-corrected chi connectivity index (χ3v) is 0. The van der Waals surface area contributed by atoms with Gasteiger partial charge in [-0.25, -0.2) is 0 Å². The van der Waals surface area contributed by atoms with Crippen LogP contribution in [0.5, 0.6) is 0 Å². The molecule has 0 aromatic heterocycles. The molecule has 0 aliphatic rings. The zero-order valence-electron chi connectivity index (χ0n) is 3.37. The molecule has 0 bridgehead atoms. The van der Waals surface area contributed by atoms with E-state index in [0.29, 0.717) is 0 Å². The maximum absolute atomic E-state index is 8.52. The van der Waals surface area contributed by atoms with Crippen LogP contribution in [0.2, 0.25) is 0 Å². The summed E-state index contributed by atoms with van der Waals surface area (Å²) in [5, 5.41) is 0. The SMILES string of the molecule is O=S(=O)([O-])[O-].[NH4+].[Rh+2]. The van der Waals surface area contributed by atoms with E-state index in [9.17, 15) is 0 Å². The van der Waals surface area contributed by atoms with Crippen molar-refractivity contribution in [2.75, 3.05) is 0 Å². The van der Waals surface area contributed by atoms with Gasteiger partial charge in [-0.1, -0.05) is 0 Å². The molecule has 0 amide bonds. The van der Waals surface area contributed by atoms with Crippen molar-refractivity contribution in [1.29, 1.82) is 0 Å². The zero-order valence-corrected chi connectivity index (χ0v) is 5.83. The third-order valence-electron chi connectivity index (χ3n) is 0. The van der Waals surface area contributed by atoms with E-state index in [1.807, 2.05) is 0 Å². The molecule has 47 valence electrons. The molecule has 0 aromatic rings. The summed E-state index contributed by atoms with van der Waals surface area (Å²) in [6.45, 7) is 0. The first-order valence-electron chi connectivity index (χ1n) is 0.667. The summed E-state index contributed by atoms with van der Waals surface area (Å²) < 4.78 is 34.1. The second kappa shape index (κ2) is 4.61. The van der Waals surface area contributed by atoms with Crippen LogP contribution in [0.4, 0.5) is 0 Å². The fourth-order valence-electron chi connectivity index (χ4n) is 0. The normalized spacial score (nSPS) is 8.29. The van der Waals surface area contributed by atoms with Crippen molar-refractivity contribution in [3.05, 3.63) is 0 Å². The van der Waals surface area contributed by atoms with E-state index in [4.69, 9.17) is 17.5 Å². The van der Waals surface area contributed by atoms with Crippen molar-refractivity contribution in [3.8, 4) is 0 Å². The van der Waals surface area contributed by atoms with Gasteiger partial charge in [0.15, 0.2) is 0 Å². The Morgan fingerprint density at radius 3 is 1.14 bits per heavy atom. The van der Waals surface area contributed by atoms with Crippen LogP contribution in [0, 0.1) is 0 Å². The molecule has 0 rings (SSSR count). The number of quaternary nitrogens is 1. The molecule has 0 unspecified atom stereocenters. The largest absolute Gasteiger partial charge is 2.00 e. The number of rotatable bonds is 0. The minimum Gasteiger partial charge on any atom is -0.759 e. The van der Waals surface area contributed by atoms with Crippen molar-refractivity contribution < 1.29 is 37.0 Å². The standard InChI is InChI=1S/H3N.H2O4S.Rh/c;1-5(2,3)4;/h1H3;(H2,1,2,3,4);/q;;+2/p-1. The number of hydrogen-bond donors (Lipinski definition) is 1. The van der Waals surface area contributed by atoms with Crippen molar-refractivity contribution in [2.45, 2.75) is 0 Å². The van der Waals surface area contributed by atoms with Gasteiger partial charge in [0.05, 0.1) is 0 Å². The third kappa shape index (κ3) is 623. The zero-order chi connectivity index (χ0) is 4.50. The smallest absolute Gasteiger partial charge is 0.759 e. The maximum Gasteiger partial charge on any atom is 2.00 e. The molecule has 0 aliphatic carbocycles. The number of hydrogen-bond acceptors (Lipinski definition) is 4. The first-order valence-corrected chi connectivity index (χ1v) is 2.00. The Balaban J connectivity index is -0.0000000800. The monoisotopic (exact) mass is 217 g/mol. The minimum atomic E-state index is -5.17. The van der Waals surface area contributed by atoms with Crippen LogP contribution in [0.15, 0.2) is 0 Å². The molecule has 1 radical (unpaired) electrons. The summed E-state index contributed by atoms with van der Waals surface area (Å²) in [7, 11) is -5.17. The molecule has 0 saturated heterocycles. The van der Waals surface area contributed by atoms with Gasteiger partial charge in [0, 0.05) is 10.4 Å². The molecule has 0 atom stereocenters. The summed E-state index contributed by atoms with van der Waals surface area (Å²) in [5.41, 5.74) is 0. The van der Waals surface area contributed by atoms with Gasteiger partial charge < -0.3 is 15.3 Å². The second-order valence-corrected chi connectivity index (χ2v) is 1.22. The van der Waals surface area contributed by atoms with Crippen LogP contribution in [0.1, 0.15) is 0 Å². The van der Waals surface area contributed by atoms with Gasteiger partial charge in [-0.3, -0.25) is 8.42 Å². The van der Waals surface area contributed by atoms with E-state index in [0.717, 1.165) is 0 Å². The fraction of sp³-hybridized carbons (Fsp3) is 0. The van der Waals surface area contributed by atoms with Crippen molar-refractivity contribution in [1.82, 2.24) is 6.15 Å². The fourth-order valence-corrected chi connectivity index (χ4v) is 0. The van der Waals surface area contributed by atoms with E-state index in [1.54, 1.807) is 0 Å². The van der Waals surface area contributed by atoms with Gasteiger partial charge in [-0.2, -0.15) is 0 Å². The van der Waals surface area contributed by atoms with Crippen molar-refractivity contribution >= 4 is 10.4 Å². The molecule has 4 N–H and O–H groups in total. The van der Waals surface area contributed by atoms with Crippen LogP contribution in [-0.4, -0.2) is 17.5 Å². The Morgan fingerprint density at radius 2 is 1.14 bits per heavy atom. The maximum atomic E-state index is 8.52. The van der Waals surface area contributed by atoms with Gasteiger partial charge in [0.2, 0.25) is 0 Å². The molecule has 0 spiro atoms. The van der Waals surface area contributed by atoms with Crippen molar-refractivity contribution in [2.24, 2.45) is 0 Å². The van der Waals surface area contributed by atoms with E-state index >= 15 is 0 Å². The Labute approximate surface area is 54.0 Å². The van der Waals surface area contributed by atoms with Crippen LogP contribution in [0.3, 0.4) is 0 Å². The first kappa shape index (κ1) is 15.7. The molecule has 0 heterocycles. The topological polar surface area (TPSA) is 117 Å². The second-order valence-electron chi connectivity index (χ2n) is 0.408. The minimum absolute atomic E-state index is 0. The summed E-state index contributed by atoms with van der Waals surface area (Å²) in [4.78, 5) is 0. The Morgan fingerprint density at radius 1 is 1.14 bits per heavy atom. The quantitative estimate of drug-likeness (QED) is 0.319. The summed E-state index contributed by atoms with van der Waals surface area (Å²) in [6.07, 6.45) is 0. The Bertz CT molecular complexity index is 94.9. The average molecular weight is 217 g/mol. The molecule has 0 fully saturated rings. The van der Waals surface area contributed by atoms with Gasteiger partial charge in [-0.05, 0) is 0 Å². The Kier molecular flexibility index (Phi) is 10.3. The van der Waals surface area contributed by atoms with Crippen LogP contribution in [0.25, 0.3) is 0 Å². The van der Waals surface area contributed by atoms with Gasteiger partial charge in [-0.15, -0.1) is 0 Å². The van der Waals surface area contributed by atoms with E-state index < -0.39 is 10.4 Å². The van der Waals surface area contributed by atoms with E-state index in [-0.39, 0.29) is 25.6 Å². The van der Waals surface area contributed by atoms with Crippen LogP contribution < -0.4 is 6.15 Å². The van der Waals surface area contributed by atoms with Gasteiger partial charge in [0.1, 0.15) is 0 Å². The van der Waals surface area contributed by atoms with E-state index in [2.05, 4.69) is 0 Å². The predicted molar refractivity (Wildman–Crippen MR) is 16.5 cm³/mol. The van der Waals surface area contributed by atoms with Crippen LogP contribution in [-0.2, 0) is 29.9 Å². The predicted octanol–water partition coefficient (Wildman–Crippen LogP) is -0.964. The molecular weight excluding hydrogens is 213 g/mol. The molecule has 5 nitrogen and oxygen atoms in total. The summed E-state index contributed by atoms with van der Waals surface area (Å²) >= 11 is 0. The first-order chi connectivity index (χ1) is 2.00. The molecule has 7 heteroatoms. The summed E-state index contributed by atoms with van der Waals surface area (Å²) in [5.74, 6) is 0. The molecule has 0 aromatic carbocycles.